The lowest BCUT2D eigenvalue weighted by atomic mass is 9.72. The molecule has 1 aliphatic heterocycles. The lowest BCUT2D eigenvalue weighted by molar-refractivity contribution is -0.0466. The maximum absolute atomic E-state index is 14.5. The topological polar surface area (TPSA) is 151 Å². The number of primary amides is 1. The van der Waals surface area contributed by atoms with Crippen LogP contribution in [0.25, 0.3) is 11.3 Å². The smallest absolute Gasteiger partial charge is 0.409 e. The van der Waals surface area contributed by atoms with Crippen LogP contribution in [-0.4, -0.2) is 56.4 Å². The van der Waals surface area contributed by atoms with Crippen LogP contribution in [0.15, 0.2) is 54.6 Å². The Morgan fingerprint density at radius 1 is 1.05 bits per heavy atom. The van der Waals surface area contributed by atoms with Crippen molar-refractivity contribution >= 4 is 23.6 Å². The van der Waals surface area contributed by atoms with Gasteiger partial charge in [0.05, 0.1) is 11.3 Å². The fourth-order valence-electron chi connectivity index (χ4n) is 5.06. The summed E-state index contributed by atoms with van der Waals surface area (Å²) in [5.41, 5.74) is 2.94. The summed E-state index contributed by atoms with van der Waals surface area (Å²) in [6.07, 6.45) is -0.831. The van der Waals surface area contributed by atoms with E-state index in [4.69, 9.17) is 5.73 Å². The van der Waals surface area contributed by atoms with Gasteiger partial charge in [-0.1, -0.05) is 45.0 Å². The van der Waals surface area contributed by atoms with E-state index in [2.05, 4.69) is 20.8 Å². The first-order valence-electron chi connectivity index (χ1n) is 12.6. The molecule has 2 atom stereocenters. The minimum Gasteiger partial charge on any atom is -0.465 e. The molecule has 2 aromatic carbocycles. The molecule has 0 aliphatic carbocycles. The Kier molecular flexibility index (Phi) is 7.72. The van der Waals surface area contributed by atoms with E-state index < -0.39 is 52.2 Å². The summed E-state index contributed by atoms with van der Waals surface area (Å²) in [6, 6.07) is 12.6. The van der Waals surface area contributed by atoms with Crippen LogP contribution < -0.4 is 16.4 Å². The van der Waals surface area contributed by atoms with Crippen molar-refractivity contribution in [1.29, 1.82) is 0 Å². The molecule has 2 heterocycles. The largest absolute Gasteiger partial charge is 0.465 e. The number of amides is 3. The highest BCUT2D eigenvalue weighted by atomic mass is 19.1. The van der Waals surface area contributed by atoms with E-state index in [0.29, 0.717) is 5.56 Å². The molecular formula is C28H30F2N6O4. The van der Waals surface area contributed by atoms with Crippen molar-refractivity contribution < 1.29 is 28.3 Å². The Morgan fingerprint density at radius 3 is 2.27 bits per heavy atom. The number of nitrogens with one attached hydrogen (secondary N) is 2. The van der Waals surface area contributed by atoms with E-state index in [9.17, 15) is 28.3 Å². The lowest BCUT2D eigenvalue weighted by Gasteiger charge is -2.55. The number of nitrogens with zero attached hydrogens (tertiary/aromatic N) is 3. The number of hydrogen-bond donors (Lipinski definition) is 4. The monoisotopic (exact) mass is 552 g/mol. The SMILES string of the molecule is CC(C)(C)C1(NC(=O)c2ccccc2)CC(Nc2cc(-c3c(F)cccc3F)nnc2C(N)=O)CCN1C(=O)O. The van der Waals surface area contributed by atoms with Gasteiger partial charge in [0, 0.05) is 30.0 Å². The normalized spacial score (nSPS) is 19.1. The second kappa shape index (κ2) is 10.9. The standard InChI is InChI=1S/C28H30F2N6O4/c1-27(2,3)28(33-25(38)16-8-5-4-6-9-16)15-17(12-13-36(28)26(39)40)32-21-14-20(34-35-23(21)24(31)37)22-18(29)10-7-11-19(22)30/h4-11,14,17H,12-13,15H2,1-3H3,(H2,31,37)(H,32,34)(H,33,38)(H,39,40). The van der Waals surface area contributed by atoms with Gasteiger partial charge in [0.15, 0.2) is 5.69 Å². The summed E-state index contributed by atoms with van der Waals surface area (Å²) in [5.74, 6) is -3.10. The van der Waals surface area contributed by atoms with Crippen LogP contribution in [0, 0.1) is 17.0 Å². The molecule has 1 fully saturated rings. The second-order valence-corrected chi connectivity index (χ2v) is 10.7. The number of halogens is 2. The van der Waals surface area contributed by atoms with E-state index in [0.717, 1.165) is 12.1 Å². The van der Waals surface area contributed by atoms with Gasteiger partial charge in [-0.25, -0.2) is 13.6 Å². The van der Waals surface area contributed by atoms with Gasteiger partial charge in [0.1, 0.15) is 23.0 Å². The van der Waals surface area contributed by atoms with Crippen molar-refractivity contribution in [2.24, 2.45) is 11.1 Å². The highest BCUT2D eigenvalue weighted by Crippen LogP contribution is 2.42. The molecule has 0 spiro atoms. The third-order valence-corrected chi connectivity index (χ3v) is 7.14. The molecule has 1 aromatic heterocycles. The number of benzene rings is 2. The van der Waals surface area contributed by atoms with Crippen LogP contribution in [0.4, 0.5) is 19.3 Å². The van der Waals surface area contributed by atoms with Crippen LogP contribution in [0.5, 0.6) is 0 Å². The number of hydrogen-bond acceptors (Lipinski definition) is 6. The van der Waals surface area contributed by atoms with Crippen LogP contribution in [0.2, 0.25) is 0 Å². The van der Waals surface area contributed by atoms with Crippen molar-refractivity contribution in [1.82, 2.24) is 20.4 Å². The predicted molar refractivity (Wildman–Crippen MR) is 143 cm³/mol. The average molecular weight is 553 g/mol. The van der Waals surface area contributed by atoms with E-state index in [1.54, 1.807) is 30.3 Å². The third kappa shape index (κ3) is 5.42. The van der Waals surface area contributed by atoms with Gasteiger partial charge in [-0.3, -0.25) is 14.5 Å². The van der Waals surface area contributed by atoms with Crippen LogP contribution in [0.3, 0.4) is 0 Å². The van der Waals surface area contributed by atoms with Gasteiger partial charge in [-0.15, -0.1) is 10.2 Å². The molecule has 40 heavy (non-hydrogen) atoms. The van der Waals surface area contributed by atoms with Crippen molar-refractivity contribution in [2.75, 3.05) is 11.9 Å². The van der Waals surface area contributed by atoms with Crippen molar-refractivity contribution in [3.05, 3.63) is 77.5 Å². The number of nitrogens with two attached hydrogens (primary N) is 1. The second-order valence-electron chi connectivity index (χ2n) is 10.7. The van der Waals surface area contributed by atoms with E-state index >= 15 is 0 Å². The molecule has 5 N–H and O–H groups in total. The maximum atomic E-state index is 14.5. The Morgan fingerprint density at radius 2 is 1.70 bits per heavy atom. The molecule has 3 amide bonds. The number of carboxylic acid groups (broad SMARTS) is 1. The molecule has 1 aliphatic rings. The Balaban J connectivity index is 1.74. The highest BCUT2D eigenvalue weighted by Gasteiger charge is 2.53. The fourth-order valence-corrected chi connectivity index (χ4v) is 5.06. The molecular weight excluding hydrogens is 522 g/mol. The molecule has 12 heteroatoms. The number of rotatable bonds is 6. The molecule has 1 saturated heterocycles. The molecule has 0 saturated carbocycles. The Labute approximate surface area is 229 Å². The molecule has 2 unspecified atom stereocenters. The number of carbonyl (C=O) groups is 3. The predicted octanol–water partition coefficient (Wildman–Crippen LogP) is 4.25. The summed E-state index contributed by atoms with van der Waals surface area (Å²) in [5, 5.41) is 23.9. The fraction of sp³-hybridized carbons (Fsp3) is 0.321. The first-order valence-corrected chi connectivity index (χ1v) is 12.6. The molecule has 10 nitrogen and oxygen atoms in total. The van der Waals surface area contributed by atoms with E-state index in [-0.39, 0.29) is 36.5 Å². The van der Waals surface area contributed by atoms with Crippen molar-refractivity contribution in [2.45, 2.75) is 45.3 Å². The molecule has 0 radical (unpaired) electrons. The van der Waals surface area contributed by atoms with Crippen LogP contribution in [0.1, 0.15) is 54.5 Å². The van der Waals surface area contributed by atoms with Gasteiger partial charge < -0.3 is 21.5 Å². The van der Waals surface area contributed by atoms with Gasteiger partial charge >= 0.3 is 6.09 Å². The third-order valence-electron chi connectivity index (χ3n) is 7.14. The number of aromatic nitrogens is 2. The highest BCUT2D eigenvalue weighted by molar-refractivity contribution is 5.97. The first kappa shape index (κ1) is 28.4. The van der Waals surface area contributed by atoms with Gasteiger partial charge in [-0.2, -0.15) is 0 Å². The molecule has 3 aromatic rings. The molecule has 210 valence electrons. The van der Waals surface area contributed by atoms with Crippen molar-refractivity contribution in [3.8, 4) is 11.3 Å². The quantitative estimate of drug-likeness (QED) is 0.357. The lowest BCUT2D eigenvalue weighted by Crippen LogP contribution is -2.72. The minimum atomic E-state index is -1.38. The summed E-state index contributed by atoms with van der Waals surface area (Å²) < 4.78 is 29.0. The van der Waals surface area contributed by atoms with Crippen LogP contribution >= 0.6 is 0 Å². The van der Waals surface area contributed by atoms with Gasteiger partial charge in [-0.05, 0) is 36.8 Å². The van der Waals surface area contributed by atoms with Crippen molar-refractivity contribution in [3.63, 3.8) is 0 Å². The summed E-state index contributed by atoms with van der Waals surface area (Å²) >= 11 is 0. The number of anilines is 1. The first-order chi connectivity index (χ1) is 18.8. The minimum absolute atomic E-state index is 0.0402. The van der Waals surface area contributed by atoms with Gasteiger partial charge in [0.25, 0.3) is 11.8 Å². The summed E-state index contributed by atoms with van der Waals surface area (Å²) in [7, 11) is 0. The van der Waals surface area contributed by atoms with E-state index in [1.807, 2.05) is 20.8 Å². The van der Waals surface area contributed by atoms with E-state index in [1.165, 1.54) is 17.0 Å². The number of piperidine rings is 1. The number of carbonyl (C=O) groups excluding carboxylic acids is 2. The Hall–Kier alpha value is -4.61. The zero-order valence-corrected chi connectivity index (χ0v) is 22.2. The maximum Gasteiger partial charge on any atom is 0.409 e. The Bertz CT molecular complexity index is 1430. The molecule has 0 bridgehead atoms. The number of likely N-dealkylation sites (tertiary alicyclic amines) is 1. The molecule has 4 rings (SSSR count). The zero-order valence-electron chi connectivity index (χ0n) is 22.2. The summed E-state index contributed by atoms with van der Waals surface area (Å²) in [6.45, 7) is 5.49. The van der Waals surface area contributed by atoms with Crippen LogP contribution in [-0.2, 0) is 0 Å². The zero-order chi connectivity index (χ0) is 29.2. The average Bonchev–Trinajstić information content (AvgIpc) is 2.88. The summed E-state index contributed by atoms with van der Waals surface area (Å²) in [4.78, 5) is 39.1. The van der Waals surface area contributed by atoms with Gasteiger partial charge in [0.2, 0.25) is 0 Å².